The number of para-hydroxylation sites is 1. The zero-order chi connectivity index (χ0) is 12.7. The van der Waals surface area contributed by atoms with Crippen LogP contribution in [0.3, 0.4) is 0 Å². The highest BCUT2D eigenvalue weighted by Gasteiger charge is 2.30. The van der Waals surface area contributed by atoms with Gasteiger partial charge >= 0.3 is 0 Å². The number of hydrogen-bond donors (Lipinski definition) is 0. The summed E-state index contributed by atoms with van der Waals surface area (Å²) in [6.45, 7) is 2.91. The van der Waals surface area contributed by atoms with E-state index in [0.29, 0.717) is 6.04 Å². The van der Waals surface area contributed by atoms with Gasteiger partial charge in [0.2, 0.25) is 0 Å². The molecule has 2 aliphatic heterocycles. The van der Waals surface area contributed by atoms with Gasteiger partial charge in [0.25, 0.3) is 0 Å². The van der Waals surface area contributed by atoms with E-state index >= 15 is 0 Å². The third-order valence-corrected chi connectivity index (χ3v) is 4.27. The SMILES string of the molecule is c1ccc2c(c1)Cc1ccccc1N1CC[N]CC21. The Morgan fingerprint density at radius 2 is 1.74 bits per heavy atom. The molecule has 19 heavy (non-hydrogen) atoms. The van der Waals surface area contributed by atoms with Gasteiger partial charge in [-0.25, -0.2) is 5.32 Å². The number of fused-ring (bicyclic) bond motifs is 5. The van der Waals surface area contributed by atoms with Gasteiger partial charge in [0.05, 0.1) is 6.04 Å². The summed E-state index contributed by atoms with van der Waals surface area (Å²) in [6.07, 6.45) is 1.04. The molecule has 1 saturated heterocycles. The van der Waals surface area contributed by atoms with Gasteiger partial charge in [-0.05, 0) is 29.2 Å². The normalized spacial score (nSPS) is 21.1. The fraction of sp³-hybridized carbons (Fsp3) is 0.294. The quantitative estimate of drug-likeness (QED) is 0.702. The van der Waals surface area contributed by atoms with E-state index in [4.69, 9.17) is 0 Å². The first-order chi connectivity index (χ1) is 9.43. The molecule has 95 valence electrons. The number of nitrogens with zero attached hydrogens (tertiary/aromatic N) is 2. The van der Waals surface area contributed by atoms with E-state index in [1.54, 1.807) is 0 Å². The summed E-state index contributed by atoms with van der Waals surface area (Å²) in [6, 6.07) is 18.1. The van der Waals surface area contributed by atoms with Gasteiger partial charge in [-0.3, -0.25) is 0 Å². The van der Waals surface area contributed by atoms with Gasteiger partial charge in [0, 0.05) is 25.3 Å². The molecular weight excluding hydrogens is 232 g/mol. The van der Waals surface area contributed by atoms with Crippen molar-refractivity contribution < 1.29 is 0 Å². The molecule has 1 fully saturated rings. The van der Waals surface area contributed by atoms with Crippen LogP contribution in [0.25, 0.3) is 0 Å². The second-order valence-corrected chi connectivity index (χ2v) is 5.34. The van der Waals surface area contributed by atoms with Crippen LogP contribution in [-0.4, -0.2) is 19.6 Å². The average Bonchev–Trinajstić information content (AvgIpc) is 2.62. The summed E-state index contributed by atoms with van der Waals surface area (Å²) in [7, 11) is 0. The lowest BCUT2D eigenvalue weighted by atomic mass is 9.96. The maximum atomic E-state index is 4.63. The van der Waals surface area contributed by atoms with Crippen LogP contribution in [0.5, 0.6) is 0 Å². The molecule has 4 rings (SSSR count). The van der Waals surface area contributed by atoms with E-state index in [9.17, 15) is 0 Å². The number of hydrogen-bond acceptors (Lipinski definition) is 1. The van der Waals surface area contributed by atoms with Gasteiger partial charge in [-0.2, -0.15) is 0 Å². The van der Waals surface area contributed by atoms with Crippen molar-refractivity contribution in [3.63, 3.8) is 0 Å². The average molecular weight is 249 g/mol. The molecule has 2 aromatic carbocycles. The van der Waals surface area contributed by atoms with Crippen molar-refractivity contribution in [3.8, 4) is 0 Å². The van der Waals surface area contributed by atoms with E-state index in [1.165, 1.54) is 22.4 Å². The second kappa shape index (κ2) is 4.39. The van der Waals surface area contributed by atoms with Crippen LogP contribution in [0.2, 0.25) is 0 Å². The number of piperazine rings is 1. The number of rotatable bonds is 0. The Morgan fingerprint density at radius 3 is 2.68 bits per heavy atom. The first kappa shape index (κ1) is 11.1. The lowest BCUT2D eigenvalue weighted by Gasteiger charge is -2.37. The Bertz CT molecular complexity index is 552. The Balaban J connectivity index is 1.92. The third kappa shape index (κ3) is 1.75. The van der Waals surface area contributed by atoms with Crippen LogP contribution >= 0.6 is 0 Å². The molecule has 1 unspecified atom stereocenters. The number of benzene rings is 2. The lowest BCUT2D eigenvalue weighted by Crippen LogP contribution is -2.43. The van der Waals surface area contributed by atoms with Crippen molar-refractivity contribution in [2.24, 2.45) is 0 Å². The summed E-state index contributed by atoms with van der Waals surface area (Å²) >= 11 is 0. The molecule has 0 amide bonds. The fourth-order valence-corrected chi connectivity index (χ4v) is 3.37. The standard InChI is InChI=1S/C17H17N2/c1-3-7-15-13(5-1)11-14-6-2-4-8-16(14)19-10-9-18-12-17(15)19/h1-8,17H,9-12H2. The van der Waals surface area contributed by atoms with E-state index in [2.05, 4.69) is 58.7 Å². The third-order valence-electron chi connectivity index (χ3n) is 4.27. The molecule has 2 heterocycles. The second-order valence-electron chi connectivity index (χ2n) is 5.34. The molecule has 0 aliphatic carbocycles. The van der Waals surface area contributed by atoms with E-state index in [1.807, 2.05) is 0 Å². The molecule has 2 heteroatoms. The van der Waals surface area contributed by atoms with Gasteiger partial charge < -0.3 is 4.90 Å². The van der Waals surface area contributed by atoms with Crippen molar-refractivity contribution >= 4 is 5.69 Å². The van der Waals surface area contributed by atoms with E-state index in [0.717, 1.165) is 26.1 Å². The van der Waals surface area contributed by atoms with Gasteiger partial charge in [0.15, 0.2) is 0 Å². The number of anilines is 1. The van der Waals surface area contributed by atoms with E-state index in [-0.39, 0.29) is 0 Å². The predicted molar refractivity (Wildman–Crippen MR) is 77.6 cm³/mol. The van der Waals surface area contributed by atoms with Crippen LogP contribution in [0.1, 0.15) is 22.7 Å². The van der Waals surface area contributed by atoms with Crippen molar-refractivity contribution in [1.82, 2.24) is 5.32 Å². The first-order valence-electron chi connectivity index (χ1n) is 6.99. The highest BCUT2D eigenvalue weighted by atomic mass is 15.2. The van der Waals surface area contributed by atoms with Crippen LogP contribution in [0.4, 0.5) is 5.69 Å². The van der Waals surface area contributed by atoms with Crippen molar-refractivity contribution in [1.29, 1.82) is 0 Å². The Morgan fingerprint density at radius 1 is 0.947 bits per heavy atom. The summed E-state index contributed by atoms with van der Waals surface area (Å²) in [4.78, 5) is 2.55. The lowest BCUT2D eigenvalue weighted by molar-refractivity contribution is 0.483. The summed E-state index contributed by atoms with van der Waals surface area (Å²) in [5.74, 6) is 0. The molecule has 0 saturated carbocycles. The van der Waals surface area contributed by atoms with Crippen molar-refractivity contribution in [2.75, 3.05) is 24.5 Å². The van der Waals surface area contributed by atoms with Crippen molar-refractivity contribution in [3.05, 3.63) is 65.2 Å². The fourth-order valence-electron chi connectivity index (χ4n) is 3.37. The molecule has 2 aliphatic rings. The molecule has 0 spiro atoms. The molecule has 0 bridgehead atoms. The molecule has 2 nitrogen and oxygen atoms in total. The maximum absolute atomic E-state index is 4.63. The minimum absolute atomic E-state index is 0.425. The van der Waals surface area contributed by atoms with Crippen LogP contribution < -0.4 is 10.2 Å². The van der Waals surface area contributed by atoms with Crippen molar-refractivity contribution in [2.45, 2.75) is 12.5 Å². The molecule has 0 aromatic heterocycles. The van der Waals surface area contributed by atoms with Crippen LogP contribution in [0.15, 0.2) is 48.5 Å². The van der Waals surface area contributed by atoms with Gasteiger partial charge in [0.1, 0.15) is 0 Å². The van der Waals surface area contributed by atoms with Crippen LogP contribution in [0, 0.1) is 0 Å². The predicted octanol–water partition coefficient (Wildman–Crippen LogP) is 2.76. The molecule has 0 N–H and O–H groups in total. The monoisotopic (exact) mass is 249 g/mol. The Labute approximate surface area is 114 Å². The molecular formula is C17H17N2. The Hall–Kier alpha value is -1.80. The van der Waals surface area contributed by atoms with Crippen LogP contribution in [-0.2, 0) is 6.42 Å². The summed E-state index contributed by atoms with van der Waals surface area (Å²) in [5, 5.41) is 4.63. The summed E-state index contributed by atoms with van der Waals surface area (Å²) < 4.78 is 0. The smallest absolute Gasteiger partial charge is 0.0687 e. The zero-order valence-corrected chi connectivity index (χ0v) is 10.9. The molecule has 2 aromatic rings. The maximum Gasteiger partial charge on any atom is 0.0687 e. The zero-order valence-electron chi connectivity index (χ0n) is 10.9. The topological polar surface area (TPSA) is 17.3 Å². The minimum atomic E-state index is 0.425. The van der Waals surface area contributed by atoms with Gasteiger partial charge in [-0.1, -0.05) is 42.5 Å². The van der Waals surface area contributed by atoms with Gasteiger partial charge in [-0.15, -0.1) is 0 Å². The first-order valence-corrected chi connectivity index (χ1v) is 6.99. The molecule has 1 atom stereocenters. The molecule has 1 radical (unpaired) electrons. The Kier molecular flexibility index (Phi) is 2.56. The van der Waals surface area contributed by atoms with E-state index < -0.39 is 0 Å². The minimum Gasteiger partial charge on any atom is -0.362 e. The highest BCUT2D eigenvalue weighted by molar-refractivity contribution is 5.60. The highest BCUT2D eigenvalue weighted by Crippen LogP contribution is 2.37. The summed E-state index contributed by atoms with van der Waals surface area (Å²) in [5.41, 5.74) is 5.76. The largest absolute Gasteiger partial charge is 0.362 e.